The van der Waals surface area contributed by atoms with Crippen LogP contribution < -0.4 is 10.2 Å². The summed E-state index contributed by atoms with van der Waals surface area (Å²) in [4.78, 5) is 12.3. The molecular formula is C21H23N5. The first-order chi connectivity index (χ1) is 12.6. The molecule has 2 aliphatic rings. The van der Waals surface area contributed by atoms with Gasteiger partial charge in [0, 0.05) is 37.2 Å². The van der Waals surface area contributed by atoms with E-state index in [2.05, 4.69) is 65.5 Å². The number of nitrogens with one attached hydrogen (secondary N) is 1. The molecule has 2 aromatic heterocycles. The van der Waals surface area contributed by atoms with Crippen LogP contribution >= 0.6 is 0 Å². The van der Waals surface area contributed by atoms with Crippen LogP contribution in [0.25, 0.3) is 22.4 Å². The number of rotatable bonds is 1. The molecule has 2 aliphatic heterocycles. The smallest absolute Gasteiger partial charge is 0.144 e. The lowest BCUT2D eigenvalue weighted by molar-refractivity contribution is 0.405. The molecule has 132 valence electrons. The van der Waals surface area contributed by atoms with E-state index in [0.29, 0.717) is 12.1 Å². The molecule has 5 heteroatoms. The summed E-state index contributed by atoms with van der Waals surface area (Å²) in [6, 6.07) is 13.5. The molecule has 1 fully saturated rings. The monoisotopic (exact) mass is 345 g/mol. The van der Waals surface area contributed by atoms with E-state index >= 15 is 0 Å². The second-order valence-corrected chi connectivity index (χ2v) is 7.57. The molecule has 0 spiro atoms. The highest BCUT2D eigenvalue weighted by molar-refractivity contribution is 5.84. The number of piperazine rings is 1. The maximum atomic E-state index is 5.08. The molecule has 1 aromatic carbocycles. The Morgan fingerprint density at radius 1 is 1.04 bits per heavy atom. The van der Waals surface area contributed by atoms with Crippen molar-refractivity contribution in [2.24, 2.45) is 0 Å². The zero-order valence-corrected chi connectivity index (χ0v) is 15.2. The summed E-state index contributed by atoms with van der Waals surface area (Å²) in [5.74, 6) is 2.98. The molecule has 3 aromatic rings. The lowest BCUT2D eigenvalue weighted by Crippen LogP contribution is -2.54. The first kappa shape index (κ1) is 15.6. The minimum absolute atomic E-state index is 0.459. The Morgan fingerprint density at radius 3 is 2.62 bits per heavy atom. The highest BCUT2D eigenvalue weighted by Crippen LogP contribution is 2.34. The first-order valence-corrected chi connectivity index (χ1v) is 9.27. The Kier molecular flexibility index (Phi) is 3.40. The van der Waals surface area contributed by atoms with Crippen molar-refractivity contribution in [3.05, 3.63) is 54.4 Å². The summed E-state index contributed by atoms with van der Waals surface area (Å²) < 4.78 is 2.18. The van der Waals surface area contributed by atoms with Crippen molar-refractivity contribution in [3.8, 4) is 5.82 Å². The second kappa shape index (κ2) is 5.68. The largest absolute Gasteiger partial charge is 0.353 e. The van der Waals surface area contributed by atoms with E-state index in [0.717, 1.165) is 53.6 Å². The number of fused-ring (bicyclic) bond motifs is 5. The van der Waals surface area contributed by atoms with E-state index in [1.165, 1.54) is 5.56 Å². The van der Waals surface area contributed by atoms with E-state index in [9.17, 15) is 0 Å². The van der Waals surface area contributed by atoms with E-state index < -0.39 is 0 Å². The fourth-order valence-corrected chi connectivity index (χ4v) is 4.28. The molecule has 0 saturated carbocycles. The molecule has 5 nitrogen and oxygen atoms in total. The number of benzene rings is 1. The number of anilines is 1. The SMILES string of the molecule is C=C1Cc2ccc(N3C[C@@H](C)N[C@@H](C)C3)nc2-n2c1nc1ccccc12. The van der Waals surface area contributed by atoms with Gasteiger partial charge in [-0.25, -0.2) is 9.97 Å². The van der Waals surface area contributed by atoms with Crippen molar-refractivity contribution in [1.82, 2.24) is 19.9 Å². The Bertz CT molecular complexity index is 1010. The van der Waals surface area contributed by atoms with Gasteiger partial charge in [-0.05, 0) is 37.6 Å². The third-order valence-electron chi connectivity index (χ3n) is 5.32. The zero-order valence-electron chi connectivity index (χ0n) is 15.2. The van der Waals surface area contributed by atoms with Gasteiger partial charge >= 0.3 is 0 Å². The van der Waals surface area contributed by atoms with Gasteiger partial charge in [-0.15, -0.1) is 0 Å². The summed E-state index contributed by atoms with van der Waals surface area (Å²) in [5, 5.41) is 3.59. The number of aromatic nitrogens is 3. The zero-order chi connectivity index (χ0) is 17.8. The van der Waals surface area contributed by atoms with Crippen LogP contribution in [0.2, 0.25) is 0 Å². The van der Waals surface area contributed by atoms with Crippen molar-refractivity contribution in [1.29, 1.82) is 0 Å². The number of hydrogen-bond donors (Lipinski definition) is 1. The first-order valence-electron chi connectivity index (χ1n) is 9.27. The van der Waals surface area contributed by atoms with Crippen LogP contribution in [0, 0.1) is 0 Å². The van der Waals surface area contributed by atoms with Gasteiger partial charge in [0.1, 0.15) is 17.5 Å². The number of nitrogens with zero attached hydrogens (tertiary/aromatic N) is 4. The number of para-hydroxylation sites is 2. The number of pyridine rings is 1. The van der Waals surface area contributed by atoms with E-state index in [1.54, 1.807) is 0 Å². The lowest BCUT2D eigenvalue weighted by atomic mass is 10.0. The van der Waals surface area contributed by atoms with Crippen molar-refractivity contribution in [2.45, 2.75) is 32.4 Å². The molecule has 1 N–H and O–H groups in total. The fourth-order valence-electron chi connectivity index (χ4n) is 4.28. The minimum atomic E-state index is 0.459. The van der Waals surface area contributed by atoms with Crippen molar-refractivity contribution >= 4 is 22.4 Å². The topological polar surface area (TPSA) is 46.0 Å². The molecule has 2 atom stereocenters. The van der Waals surface area contributed by atoms with Crippen LogP contribution in [0.15, 0.2) is 43.0 Å². The fraction of sp³-hybridized carbons (Fsp3) is 0.333. The van der Waals surface area contributed by atoms with Crippen molar-refractivity contribution < 1.29 is 0 Å². The predicted octanol–water partition coefficient (Wildman–Crippen LogP) is 3.18. The van der Waals surface area contributed by atoms with Gasteiger partial charge in [0.05, 0.1) is 11.0 Å². The molecule has 0 unspecified atom stereocenters. The Labute approximate surface area is 153 Å². The van der Waals surface area contributed by atoms with Gasteiger partial charge < -0.3 is 10.2 Å². The Balaban J connectivity index is 1.66. The molecule has 0 radical (unpaired) electrons. The van der Waals surface area contributed by atoms with Gasteiger partial charge in [0.2, 0.25) is 0 Å². The Hall–Kier alpha value is -2.66. The summed E-state index contributed by atoms with van der Waals surface area (Å²) >= 11 is 0. The number of imidazole rings is 1. The maximum Gasteiger partial charge on any atom is 0.144 e. The average molecular weight is 345 g/mol. The molecule has 5 rings (SSSR count). The number of hydrogen-bond acceptors (Lipinski definition) is 4. The van der Waals surface area contributed by atoms with Crippen LogP contribution in [0.5, 0.6) is 0 Å². The van der Waals surface area contributed by atoms with Crippen molar-refractivity contribution in [3.63, 3.8) is 0 Å². The molecule has 0 bridgehead atoms. The maximum absolute atomic E-state index is 5.08. The van der Waals surface area contributed by atoms with Crippen molar-refractivity contribution in [2.75, 3.05) is 18.0 Å². The Morgan fingerprint density at radius 2 is 1.81 bits per heavy atom. The third-order valence-corrected chi connectivity index (χ3v) is 5.32. The molecular weight excluding hydrogens is 322 g/mol. The van der Waals surface area contributed by atoms with Crippen LogP contribution in [0.3, 0.4) is 0 Å². The molecule has 0 aliphatic carbocycles. The highest BCUT2D eigenvalue weighted by atomic mass is 15.3. The molecule has 4 heterocycles. The van der Waals surface area contributed by atoms with Crippen LogP contribution in [0.1, 0.15) is 25.2 Å². The number of allylic oxidation sites excluding steroid dienone is 1. The molecule has 0 amide bonds. The summed E-state index contributed by atoms with van der Waals surface area (Å²) in [6.07, 6.45) is 0.806. The van der Waals surface area contributed by atoms with Crippen LogP contribution in [-0.2, 0) is 6.42 Å². The van der Waals surface area contributed by atoms with E-state index in [1.807, 2.05) is 6.07 Å². The average Bonchev–Trinajstić information content (AvgIpc) is 3.01. The minimum Gasteiger partial charge on any atom is -0.353 e. The summed E-state index contributed by atoms with van der Waals surface area (Å²) in [6.45, 7) is 10.7. The summed E-state index contributed by atoms with van der Waals surface area (Å²) in [5.41, 5.74) is 4.35. The highest BCUT2D eigenvalue weighted by Gasteiger charge is 2.27. The van der Waals surface area contributed by atoms with Gasteiger partial charge in [0.25, 0.3) is 0 Å². The van der Waals surface area contributed by atoms with Gasteiger partial charge in [-0.2, -0.15) is 0 Å². The third kappa shape index (κ3) is 2.35. The lowest BCUT2D eigenvalue weighted by Gasteiger charge is -2.37. The van der Waals surface area contributed by atoms with Gasteiger partial charge in [-0.1, -0.05) is 24.8 Å². The normalized spacial score (nSPS) is 22.4. The van der Waals surface area contributed by atoms with E-state index in [-0.39, 0.29) is 0 Å². The summed E-state index contributed by atoms with van der Waals surface area (Å²) in [7, 11) is 0. The second-order valence-electron chi connectivity index (χ2n) is 7.57. The molecule has 26 heavy (non-hydrogen) atoms. The molecule has 1 saturated heterocycles. The van der Waals surface area contributed by atoms with Crippen LogP contribution in [-0.4, -0.2) is 39.7 Å². The van der Waals surface area contributed by atoms with Gasteiger partial charge in [-0.3, -0.25) is 4.57 Å². The standard InChI is InChI=1S/C21H23N5/c1-13-10-16-8-9-19(25-11-14(2)22-15(3)12-25)24-21(16)26-18-7-5-4-6-17(18)23-20(13)26/h4-9,14-15,22H,1,10-12H2,2-3H3/t14-,15+. The van der Waals surface area contributed by atoms with E-state index in [4.69, 9.17) is 9.97 Å². The van der Waals surface area contributed by atoms with Gasteiger partial charge in [0.15, 0.2) is 0 Å². The van der Waals surface area contributed by atoms with Crippen LogP contribution in [0.4, 0.5) is 5.82 Å². The predicted molar refractivity (Wildman–Crippen MR) is 106 cm³/mol. The quantitative estimate of drug-likeness (QED) is 0.736.